The Hall–Kier alpha value is -1.93. The molecule has 0 aliphatic rings. The molecule has 0 aliphatic carbocycles. The number of carbonyl (C=O) groups excluding carboxylic acids is 1. The third-order valence-corrected chi connectivity index (χ3v) is 4.28. The first-order valence-corrected chi connectivity index (χ1v) is 7.57. The summed E-state index contributed by atoms with van der Waals surface area (Å²) in [4.78, 5) is 11.6. The van der Waals surface area contributed by atoms with Crippen molar-refractivity contribution in [3.63, 3.8) is 0 Å². The van der Waals surface area contributed by atoms with Crippen LogP contribution in [-0.4, -0.2) is 44.0 Å². The smallest absolute Gasteiger partial charge is 0.238 e. The maximum absolute atomic E-state index is 11.6. The minimum atomic E-state index is -0.799. The zero-order valence-corrected chi connectivity index (χ0v) is 12.8. The van der Waals surface area contributed by atoms with Crippen molar-refractivity contribution in [2.75, 3.05) is 12.3 Å². The Bertz CT molecular complexity index is 602. The van der Waals surface area contributed by atoms with Crippen LogP contribution >= 0.6 is 11.8 Å². The lowest BCUT2D eigenvalue weighted by molar-refractivity contribution is -0.122. The number of hydrogen-bond acceptors (Lipinski definition) is 6. The van der Waals surface area contributed by atoms with Gasteiger partial charge in [0.15, 0.2) is 0 Å². The second-order valence-electron chi connectivity index (χ2n) is 4.72. The van der Waals surface area contributed by atoms with Crippen molar-refractivity contribution in [2.24, 2.45) is 5.73 Å². The van der Waals surface area contributed by atoms with Crippen LogP contribution in [0.15, 0.2) is 35.5 Å². The van der Waals surface area contributed by atoms with Crippen molar-refractivity contribution in [3.05, 3.63) is 30.3 Å². The molecule has 1 heterocycles. The van der Waals surface area contributed by atoms with Gasteiger partial charge in [-0.15, -0.1) is 5.10 Å². The largest absolute Gasteiger partial charge is 0.368 e. The first-order chi connectivity index (χ1) is 10.1. The van der Waals surface area contributed by atoms with Crippen molar-refractivity contribution in [1.29, 1.82) is 0 Å². The summed E-state index contributed by atoms with van der Waals surface area (Å²) in [5, 5.41) is 15.4. The number of thioether (sulfide) groups is 1. The minimum absolute atomic E-state index is 0.393. The van der Waals surface area contributed by atoms with E-state index in [-0.39, 0.29) is 0 Å². The summed E-state index contributed by atoms with van der Waals surface area (Å²) in [5.41, 5.74) is 5.54. The Morgan fingerprint density at radius 2 is 2.14 bits per heavy atom. The van der Waals surface area contributed by atoms with E-state index >= 15 is 0 Å². The molecule has 21 heavy (non-hydrogen) atoms. The highest BCUT2D eigenvalue weighted by Gasteiger charge is 2.30. The van der Waals surface area contributed by atoms with E-state index in [4.69, 9.17) is 5.73 Å². The molecule has 1 amide bonds. The Balaban J connectivity index is 2.15. The van der Waals surface area contributed by atoms with Gasteiger partial charge < -0.3 is 11.1 Å². The first kappa shape index (κ1) is 15.5. The summed E-state index contributed by atoms with van der Waals surface area (Å²) in [6, 6.07) is 9.58. The summed E-state index contributed by atoms with van der Waals surface area (Å²) in [7, 11) is 0. The maximum Gasteiger partial charge on any atom is 0.238 e. The summed E-state index contributed by atoms with van der Waals surface area (Å²) >= 11 is 1.39. The molecular weight excluding hydrogens is 288 g/mol. The van der Waals surface area contributed by atoms with Crippen LogP contribution in [0.3, 0.4) is 0 Å². The Kier molecular flexibility index (Phi) is 4.92. The van der Waals surface area contributed by atoms with Crippen molar-refractivity contribution in [3.8, 4) is 5.69 Å². The number of benzene rings is 1. The summed E-state index contributed by atoms with van der Waals surface area (Å²) in [5.74, 6) is 0.0548. The number of primary amides is 1. The quantitative estimate of drug-likeness (QED) is 0.727. The number of aromatic nitrogens is 4. The molecule has 8 heteroatoms. The number of para-hydroxylation sites is 1. The molecule has 0 radical (unpaired) electrons. The molecule has 0 saturated carbocycles. The van der Waals surface area contributed by atoms with Gasteiger partial charge >= 0.3 is 0 Å². The standard InChI is InChI=1S/C13H18N6OS/c1-3-15-13(2,11(14)20)9-21-12-16-17-18-19(12)10-7-5-4-6-8-10/h4-8,15H,3,9H2,1-2H3,(H2,14,20). The van der Waals surface area contributed by atoms with Gasteiger partial charge in [-0.3, -0.25) is 4.79 Å². The number of carbonyl (C=O) groups is 1. The highest BCUT2D eigenvalue weighted by Crippen LogP contribution is 2.22. The molecule has 0 bridgehead atoms. The number of hydrogen-bond donors (Lipinski definition) is 2. The van der Waals surface area contributed by atoms with Gasteiger partial charge in [0, 0.05) is 5.75 Å². The maximum atomic E-state index is 11.6. The zero-order chi connectivity index (χ0) is 15.3. The number of amides is 1. The molecule has 1 aromatic carbocycles. The Morgan fingerprint density at radius 3 is 2.76 bits per heavy atom. The third-order valence-electron chi connectivity index (χ3n) is 3.04. The second kappa shape index (κ2) is 6.68. The molecule has 112 valence electrons. The normalized spacial score (nSPS) is 13.8. The van der Waals surface area contributed by atoms with Gasteiger partial charge in [0.05, 0.1) is 5.69 Å². The van der Waals surface area contributed by atoms with Crippen LogP contribution in [0.5, 0.6) is 0 Å². The average Bonchev–Trinajstić information content (AvgIpc) is 2.95. The lowest BCUT2D eigenvalue weighted by Gasteiger charge is -2.26. The number of nitrogens with two attached hydrogens (primary N) is 1. The number of tetrazole rings is 1. The highest BCUT2D eigenvalue weighted by atomic mass is 32.2. The summed E-state index contributed by atoms with van der Waals surface area (Å²) in [6.07, 6.45) is 0. The molecule has 1 unspecified atom stereocenters. The van der Waals surface area contributed by atoms with Gasteiger partial charge in [-0.2, -0.15) is 4.68 Å². The van der Waals surface area contributed by atoms with Crippen molar-refractivity contribution in [2.45, 2.75) is 24.5 Å². The molecule has 3 N–H and O–H groups in total. The monoisotopic (exact) mass is 306 g/mol. The van der Waals surface area contributed by atoms with E-state index in [0.29, 0.717) is 17.5 Å². The van der Waals surface area contributed by atoms with Crippen LogP contribution in [0.1, 0.15) is 13.8 Å². The number of rotatable bonds is 7. The van der Waals surface area contributed by atoms with E-state index in [1.54, 1.807) is 11.6 Å². The topological polar surface area (TPSA) is 98.7 Å². The average molecular weight is 306 g/mol. The molecule has 2 rings (SSSR count). The van der Waals surface area contributed by atoms with Crippen LogP contribution in [0.4, 0.5) is 0 Å². The van der Waals surface area contributed by atoms with E-state index in [0.717, 1.165) is 5.69 Å². The van der Waals surface area contributed by atoms with Crippen LogP contribution in [-0.2, 0) is 4.79 Å². The third kappa shape index (κ3) is 3.59. The molecule has 0 spiro atoms. The van der Waals surface area contributed by atoms with Crippen LogP contribution in [0.25, 0.3) is 5.69 Å². The summed E-state index contributed by atoms with van der Waals surface area (Å²) < 4.78 is 1.64. The number of likely N-dealkylation sites (N-methyl/N-ethyl adjacent to an activating group) is 1. The van der Waals surface area contributed by atoms with Crippen molar-refractivity contribution < 1.29 is 4.79 Å². The lowest BCUT2D eigenvalue weighted by Crippen LogP contribution is -2.55. The predicted octanol–water partition coefficient (Wildman–Crippen LogP) is 0.608. The van der Waals surface area contributed by atoms with E-state index in [1.807, 2.05) is 37.3 Å². The fourth-order valence-electron chi connectivity index (χ4n) is 1.81. The molecule has 1 aromatic heterocycles. The Labute approximate surface area is 127 Å². The molecule has 2 aromatic rings. The molecular formula is C13H18N6OS. The molecule has 7 nitrogen and oxygen atoms in total. The fraction of sp³-hybridized carbons (Fsp3) is 0.385. The first-order valence-electron chi connectivity index (χ1n) is 6.58. The number of nitrogens with zero attached hydrogens (tertiary/aromatic N) is 4. The molecule has 0 saturated heterocycles. The van der Waals surface area contributed by atoms with Crippen LogP contribution < -0.4 is 11.1 Å². The fourth-order valence-corrected chi connectivity index (χ4v) is 2.83. The molecule has 1 atom stereocenters. The minimum Gasteiger partial charge on any atom is -0.368 e. The van der Waals surface area contributed by atoms with E-state index in [9.17, 15) is 4.79 Å². The van der Waals surface area contributed by atoms with Gasteiger partial charge in [-0.1, -0.05) is 36.9 Å². The van der Waals surface area contributed by atoms with Crippen LogP contribution in [0.2, 0.25) is 0 Å². The van der Waals surface area contributed by atoms with E-state index in [1.165, 1.54) is 11.8 Å². The zero-order valence-electron chi connectivity index (χ0n) is 12.0. The molecule has 0 aliphatic heterocycles. The molecule has 0 fully saturated rings. The van der Waals surface area contributed by atoms with Gasteiger partial charge in [-0.05, 0) is 36.0 Å². The van der Waals surface area contributed by atoms with Gasteiger partial charge in [0.2, 0.25) is 11.1 Å². The Morgan fingerprint density at radius 1 is 1.43 bits per heavy atom. The van der Waals surface area contributed by atoms with Gasteiger partial charge in [-0.25, -0.2) is 0 Å². The number of nitrogens with one attached hydrogen (secondary N) is 1. The van der Waals surface area contributed by atoms with E-state index in [2.05, 4.69) is 20.8 Å². The summed E-state index contributed by atoms with van der Waals surface area (Å²) in [6.45, 7) is 4.37. The van der Waals surface area contributed by atoms with Crippen molar-refractivity contribution in [1.82, 2.24) is 25.5 Å². The van der Waals surface area contributed by atoms with Gasteiger partial charge in [0.25, 0.3) is 0 Å². The SMILES string of the molecule is CCNC(C)(CSc1nnnn1-c1ccccc1)C(N)=O. The van der Waals surface area contributed by atoms with E-state index < -0.39 is 11.4 Å². The van der Waals surface area contributed by atoms with Crippen molar-refractivity contribution >= 4 is 17.7 Å². The second-order valence-corrected chi connectivity index (χ2v) is 5.67. The van der Waals surface area contributed by atoms with Crippen LogP contribution in [0, 0.1) is 0 Å². The highest BCUT2D eigenvalue weighted by molar-refractivity contribution is 7.99. The predicted molar refractivity (Wildman–Crippen MR) is 81.2 cm³/mol. The lowest BCUT2D eigenvalue weighted by atomic mass is 10.1. The van der Waals surface area contributed by atoms with Gasteiger partial charge in [0.1, 0.15) is 5.54 Å².